The Morgan fingerprint density at radius 2 is 1.93 bits per heavy atom. The van der Waals surface area contributed by atoms with E-state index in [9.17, 15) is 9.59 Å². The van der Waals surface area contributed by atoms with E-state index in [0.29, 0.717) is 16.5 Å². The average molecular weight is 499 g/mol. The maximum Gasteiger partial charge on any atom is 0.251 e. The van der Waals surface area contributed by atoms with Crippen LogP contribution >= 0.6 is 38.9 Å². The van der Waals surface area contributed by atoms with Gasteiger partial charge in [0.25, 0.3) is 5.91 Å². The number of rotatable bonds is 5. The number of hydrogen-bond donors (Lipinski definition) is 0. The number of ether oxygens (including phenoxy) is 1. The topological polar surface area (TPSA) is 53.1 Å². The summed E-state index contributed by atoms with van der Waals surface area (Å²) in [6.45, 7) is 4.17. The summed E-state index contributed by atoms with van der Waals surface area (Å²) in [5.41, 5.74) is 0.416. The minimum atomic E-state index is -0.427. The molecular formula is C20H21BrClN3O3S. The van der Waals surface area contributed by atoms with E-state index in [1.54, 1.807) is 29.5 Å². The van der Waals surface area contributed by atoms with Gasteiger partial charge in [-0.05, 0) is 46.3 Å². The van der Waals surface area contributed by atoms with Crippen LogP contribution in [-0.2, 0) is 16.1 Å². The van der Waals surface area contributed by atoms with Crippen molar-refractivity contribution in [2.75, 3.05) is 38.2 Å². The van der Waals surface area contributed by atoms with Gasteiger partial charge in [-0.2, -0.15) is 0 Å². The molecule has 0 unspecified atom stereocenters. The van der Waals surface area contributed by atoms with Gasteiger partial charge in [0.1, 0.15) is 5.75 Å². The van der Waals surface area contributed by atoms with Gasteiger partial charge in [0.15, 0.2) is 0 Å². The summed E-state index contributed by atoms with van der Waals surface area (Å²) >= 11 is 11.3. The second kappa shape index (κ2) is 8.73. The van der Waals surface area contributed by atoms with Crippen LogP contribution in [-0.4, -0.2) is 60.9 Å². The lowest BCUT2D eigenvalue weighted by Crippen LogP contribution is -2.52. The zero-order valence-corrected chi connectivity index (χ0v) is 19.1. The number of methoxy groups -OCH3 is 1. The Hall–Kier alpha value is -1.45. The van der Waals surface area contributed by atoms with Crippen molar-refractivity contribution in [2.45, 2.75) is 19.0 Å². The molecule has 6 nitrogen and oxygen atoms in total. The predicted octanol–water partition coefficient (Wildman–Crippen LogP) is 3.62. The number of thiophene rings is 1. The smallest absolute Gasteiger partial charge is 0.251 e. The molecule has 0 aliphatic carbocycles. The summed E-state index contributed by atoms with van der Waals surface area (Å²) in [4.78, 5) is 32.9. The maximum absolute atomic E-state index is 13.1. The number of anilines is 1. The fourth-order valence-electron chi connectivity index (χ4n) is 3.88. The van der Waals surface area contributed by atoms with E-state index in [1.165, 1.54) is 16.9 Å². The van der Waals surface area contributed by atoms with Crippen LogP contribution in [0.1, 0.15) is 11.3 Å². The maximum atomic E-state index is 13.1. The Labute approximate surface area is 187 Å². The molecule has 0 saturated carbocycles. The van der Waals surface area contributed by atoms with Crippen molar-refractivity contribution in [2.24, 2.45) is 0 Å². The summed E-state index contributed by atoms with van der Waals surface area (Å²) < 4.78 is 6.47. The summed E-state index contributed by atoms with van der Waals surface area (Å²) in [6, 6.07) is 8.74. The molecule has 9 heteroatoms. The van der Waals surface area contributed by atoms with Crippen molar-refractivity contribution in [1.82, 2.24) is 9.80 Å². The van der Waals surface area contributed by atoms with Crippen LogP contribution in [0.2, 0.25) is 5.02 Å². The summed E-state index contributed by atoms with van der Waals surface area (Å²) in [5.74, 6) is 0.0429. The van der Waals surface area contributed by atoms with Gasteiger partial charge >= 0.3 is 0 Å². The number of carbonyl (C=O) groups is 2. The molecule has 2 saturated heterocycles. The van der Waals surface area contributed by atoms with Gasteiger partial charge in [0.05, 0.1) is 29.0 Å². The van der Waals surface area contributed by atoms with Crippen LogP contribution in [0.15, 0.2) is 34.1 Å². The van der Waals surface area contributed by atoms with E-state index in [0.717, 1.165) is 36.5 Å². The molecule has 0 spiro atoms. The highest BCUT2D eigenvalue weighted by atomic mass is 79.9. The Morgan fingerprint density at radius 1 is 1.17 bits per heavy atom. The molecule has 2 aliphatic heterocycles. The molecule has 2 fully saturated rings. The molecule has 154 valence electrons. The van der Waals surface area contributed by atoms with Crippen molar-refractivity contribution >= 4 is 56.4 Å². The molecule has 2 amide bonds. The van der Waals surface area contributed by atoms with Crippen LogP contribution < -0.4 is 9.64 Å². The third-order valence-electron chi connectivity index (χ3n) is 5.36. The average Bonchev–Trinajstić information content (AvgIpc) is 3.24. The Balaban J connectivity index is 1.43. The van der Waals surface area contributed by atoms with Gasteiger partial charge < -0.3 is 4.74 Å². The van der Waals surface area contributed by atoms with Gasteiger partial charge in [-0.25, -0.2) is 4.90 Å². The standard InChI is InChI=1S/C20H21BrClN3O3S/c1-28-17-4-2-13(22)10-15(17)25-19(26)11-16(20(25)27)24-8-6-23(7-9-24)12-14-3-5-18(21)29-14/h2-5,10,16H,6-9,11-12H2,1H3/t16-/m1/s1. The molecule has 3 heterocycles. The van der Waals surface area contributed by atoms with Crippen molar-refractivity contribution in [1.29, 1.82) is 0 Å². The highest BCUT2D eigenvalue weighted by Crippen LogP contribution is 2.35. The van der Waals surface area contributed by atoms with Crippen LogP contribution in [0.25, 0.3) is 0 Å². The quantitative estimate of drug-likeness (QED) is 0.590. The zero-order chi connectivity index (χ0) is 20.5. The van der Waals surface area contributed by atoms with Crippen molar-refractivity contribution < 1.29 is 14.3 Å². The lowest BCUT2D eigenvalue weighted by molar-refractivity contribution is -0.123. The highest BCUT2D eigenvalue weighted by Gasteiger charge is 2.44. The van der Waals surface area contributed by atoms with Gasteiger partial charge in [0, 0.05) is 42.6 Å². The van der Waals surface area contributed by atoms with Gasteiger partial charge in [-0.15, -0.1) is 11.3 Å². The van der Waals surface area contributed by atoms with Gasteiger partial charge in [-0.3, -0.25) is 19.4 Å². The summed E-state index contributed by atoms with van der Waals surface area (Å²) in [7, 11) is 1.51. The summed E-state index contributed by atoms with van der Waals surface area (Å²) in [6.07, 6.45) is 0.187. The molecule has 1 atom stereocenters. The Kier molecular flexibility index (Phi) is 6.27. The van der Waals surface area contributed by atoms with E-state index < -0.39 is 6.04 Å². The predicted molar refractivity (Wildman–Crippen MR) is 118 cm³/mol. The van der Waals surface area contributed by atoms with Gasteiger partial charge in [0.2, 0.25) is 5.91 Å². The van der Waals surface area contributed by atoms with E-state index in [2.05, 4.69) is 37.9 Å². The van der Waals surface area contributed by atoms with Crippen molar-refractivity contribution in [3.8, 4) is 5.75 Å². The number of piperazine rings is 1. The monoisotopic (exact) mass is 497 g/mol. The third kappa shape index (κ3) is 4.36. The first kappa shape index (κ1) is 20.8. The number of hydrogen-bond acceptors (Lipinski definition) is 6. The first-order valence-electron chi connectivity index (χ1n) is 9.37. The normalized spacial score (nSPS) is 21.2. The number of nitrogens with zero attached hydrogens (tertiary/aromatic N) is 3. The molecule has 1 aromatic carbocycles. The zero-order valence-electron chi connectivity index (χ0n) is 15.9. The van der Waals surface area contributed by atoms with Crippen LogP contribution in [0, 0.1) is 0 Å². The number of imide groups is 1. The fraction of sp³-hybridized carbons (Fsp3) is 0.400. The molecular weight excluding hydrogens is 478 g/mol. The first-order valence-corrected chi connectivity index (χ1v) is 11.4. The van der Waals surface area contributed by atoms with E-state index >= 15 is 0 Å². The lowest BCUT2D eigenvalue weighted by Gasteiger charge is -2.36. The van der Waals surface area contributed by atoms with E-state index in [1.807, 2.05) is 0 Å². The molecule has 2 aliphatic rings. The molecule has 29 heavy (non-hydrogen) atoms. The molecule has 0 radical (unpaired) electrons. The number of carbonyl (C=O) groups excluding carboxylic acids is 2. The third-order valence-corrected chi connectivity index (χ3v) is 7.20. The molecule has 1 aromatic heterocycles. The van der Waals surface area contributed by atoms with Crippen LogP contribution in [0.3, 0.4) is 0 Å². The minimum absolute atomic E-state index is 0.187. The lowest BCUT2D eigenvalue weighted by atomic mass is 10.1. The second-order valence-electron chi connectivity index (χ2n) is 7.12. The van der Waals surface area contributed by atoms with Gasteiger partial charge in [-0.1, -0.05) is 11.6 Å². The van der Waals surface area contributed by atoms with Crippen LogP contribution in [0.5, 0.6) is 5.75 Å². The van der Waals surface area contributed by atoms with E-state index in [4.69, 9.17) is 16.3 Å². The minimum Gasteiger partial charge on any atom is -0.495 e. The Bertz CT molecular complexity index is 929. The molecule has 0 bridgehead atoms. The van der Waals surface area contributed by atoms with Crippen molar-refractivity contribution in [3.63, 3.8) is 0 Å². The first-order chi connectivity index (χ1) is 14.0. The summed E-state index contributed by atoms with van der Waals surface area (Å²) in [5, 5.41) is 0.457. The number of amides is 2. The molecule has 4 rings (SSSR count). The SMILES string of the molecule is COc1ccc(Cl)cc1N1C(=O)C[C@@H](N2CCN(Cc3ccc(Br)s3)CC2)C1=O. The Morgan fingerprint density at radius 3 is 2.59 bits per heavy atom. The van der Waals surface area contributed by atoms with E-state index in [-0.39, 0.29) is 18.2 Å². The highest BCUT2D eigenvalue weighted by molar-refractivity contribution is 9.11. The number of benzene rings is 1. The van der Waals surface area contributed by atoms with Crippen molar-refractivity contribution in [3.05, 3.63) is 44.0 Å². The fourth-order valence-corrected chi connectivity index (χ4v) is 5.57. The number of halogens is 2. The molecule has 0 N–H and O–H groups in total. The van der Waals surface area contributed by atoms with Crippen LogP contribution in [0.4, 0.5) is 5.69 Å². The largest absolute Gasteiger partial charge is 0.495 e. The molecule has 2 aromatic rings. The second-order valence-corrected chi connectivity index (χ2v) is 10.1.